The second kappa shape index (κ2) is 4.62. The van der Waals surface area contributed by atoms with Crippen molar-refractivity contribution in [2.45, 2.75) is 4.90 Å². The minimum absolute atomic E-state index is 0.0506. The fraction of sp³-hybridized carbons (Fsp3) is 0.0769. The number of hydroxylamine groups is 1. The van der Waals surface area contributed by atoms with E-state index in [0.29, 0.717) is 0 Å². The summed E-state index contributed by atoms with van der Waals surface area (Å²) in [6, 6.07) is 13.6. The Morgan fingerprint density at radius 1 is 1.10 bits per heavy atom. The Morgan fingerprint density at radius 2 is 1.76 bits per heavy atom. The van der Waals surface area contributed by atoms with Gasteiger partial charge in [0.15, 0.2) is 5.69 Å². The maximum atomic E-state index is 12.7. The third-order valence-electron chi connectivity index (χ3n) is 3.24. The molecule has 7 nitrogen and oxygen atoms in total. The summed E-state index contributed by atoms with van der Waals surface area (Å²) >= 11 is 0. The highest BCUT2D eigenvalue weighted by Gasteiger charge is 2.62. The van der Waals surface area contributed by atoms with Crippen molar-refractivity contribution < 1.29 is 23.4 Å². The highest BCUT2D eigenvalue weighted by atomic mass is 32.2. The van der Waals surface area contributed by atoms with Gasteiger partial charge in [0.05, 0.1) is 11.0 Å². The van der Waals surface area contributed by atoms with Gasteiger partial charge in [-0.15, -0.1) is 4.84 Å². The largest absolute Gasteiger partial charge is 0.364 e. The van der Waals surface area contributed by atoms with Crippen LogP contribution in [0.3, 0.4) is 0 Å². The molecule has 0 aliphatic carbocycles. The number of quaternary nitrogens is 1. The number of sulfonamides is 1. The molecule has 2 aromatic rings. The Balaban J connectivity index is 2.10. The van der Waals surface area contributed by atoms with E-state index in [1.807, 2.05) is 0 Å². The van der Waals surface area contributed by atoms with Gasteiger partial charge in [0.25, 0.3) is 11.7 Å². The van der Waals surface area contributed by atoms with Crippen LogP contribution in [-0.2, 0) is 14.9 Å². The molecule has 1 unspecified atom stereocenters. The van der Waals surface area contributed by atoms with Gasteiger partial charge in [-0.25, -0.2) is 5.21 Å². The van der Waals surface area contributed by atoms with Crippen LogP contribution in [-0.4, -0.2) is 25.3 Å². The van der Waals surface area contributed by atoms with Gasteiger partial charge in [-0.1, -0.05) is 18.2 Å². The molecular formula is C13H12N2O5S+2. The van der Waals surface area contributed by atoms with Gasteiger partial charge < -0.3 is 0 Å². The maximum absolute atomic E-state index is 12.7. The Morgan fingerprint density at radius 3 is 2.33 bits per heavy atom. The van der Waals surface area contributed by atoms with Crippen LogP contribution in [0.1, 0.15) is 0 Å². The van der Waals surface area contributed by atoms with E-state index >= 15 is 0 Å². The molecule has 0 saturated carbocycles. The molecule has 0 spiro atoms. The molecule has 0 amide bonds. The summed E-state index contributed by atoms with van der Waals surface area (Å²) < 4.78 is 24.7. The molecule has 1 saturated heterocycles. The van der Waals surface area contributed by atoms with Crippen LogP contribution in [0.2, 0.25) is 0 Å². The van der Waals surface area contributed by atoms with E-state index in [-0.39, 0.29) is 27.9 Å². The number of benzene rings is 2. The Bertz CT molecular complexity index is 800. The summed E-state index contributed by atoms with van der Waals surface area (Å²) in [4.78, 5) is 15.9. The number of hydrogen-bond acceptors (Lipinski definition) is 4. The molecule has 0 bridgehead atoms. The minimum Gasteiger partial charge on any atom is -0.241 e. The zero-order valence-corrected chi connectivity index (χ0v) is 11.6. The first-order valence-corrected chi connectivity index (χ1v) is 7.51. The first-order valence-electron chi connectivity index (χ1n) is 6.07. The lowest BCUT2D eigenvalue weighted by Crippen LogP contribution is -2.33. The average molecular weight is 308 g/mol. The molecule has 0 radical (unpaired) electrons. The van der Waals surface area contributed by atoms with Crippen LogP contribution in [0.25, 0.3) is 0 Å². The molecule has 0 aromatic heterocycles. The third-order valence-corrected chi connectivity index (χ3v) is 5.30. The van der Waals surface area contributed by atoms with Gasteiger partial charge >= 0.3 is 15.7 Å². The van der Waals surface area contributed by atoms with E-state index in [0.717, 1.165) is 0 Å². The standard InChI is InChI=1S/C13H12N2O5S/c16-14(17)11-5-4-6-12(9-11)15(10-20-15)21(18,19)13-7-2-1-3-8-13/h1-9H,10H2,(H,16,17)/q+2. The van der Waals surface area contributed by atoms with Crippen molar-refractivity contribution in [3.05, 3.63) is 59.5 Å². The topological polar surface area (TPSA) is 87.0 Å². The van der Waals surface area contributed by atoms with Crippen molar-refractivity contribution in [1.82, 2.24) is 4.05 Å². The molecule has 1 aliphatic heterocycles. The van der Waals surface area contributed by atoms with Crippen molar-refractivity contribution in [2.24, 2.45) is 0 Å². The quantitative estimate of drug-likeness (QED) is 0.531. The van der Waals surface area contributed by atoms with Gasteiger partial charge in [0.1, 0.15) is 4.90 Å². The summed E-state index contributed by atoms with van der Waals surface area (Å²) in [5.74, 6) is 0. The zero-order chi connectivity index (χ0) is 15.1. The Kier molecular flexibility index (Phi) is 3.01. The highest BCUT2D eigenvalue weighted by Crippen LogP contribution is 2.42. The summed E-state index contributed by atoms with van der Waals surface area (Å²) in [6.07, 6.45) is 0. The van der Waals surface area contributed by atoms with Gasteiger partial charge in [-0.05, 0) is 22.3 Å². The smallest absolute Gasteiger partial charge is 0.241 e. The molecule has 1 N–H and O–H groups in total. The number of hydrogen-bond donors (Lipinski definition) is 1. The van der Waals surface area contributed by atoms with Crippen molar-refractivity contribution in [1.29, 1.82) is 0 Å². The van der Waals surface area contributed by atoms with Crippen molar-refractivity contribution in [3.8, 4) is 0 Å². The van der Waals surface area contributed by atoms with Crippen LogP contribution in [0.4, 0.5) is 11.4 Å². The Labute approximate surface area is 120 Å². The van der Waals surface area contributed by atoms with Gasteiger partial charge in [-0.3, -0.25) is 0 Å². The summed E-state index contributed by atoms with van der Waals surface area (Å²) in [5.41, 5.74) is 0.190. The van der Waals surface area contributed by atoms with Crippen LogP contribution in [0.5, 0.6) is 0 Å². The molecule has 1 aliphatic rings. The van der Waals surface area contributed by atoms with E-state index < -0.39 is 14.1 Å². The summed E-state index contributed by atoms with van der Waals surface area (Å²) in [6.45, 7) is -0.0506. The van der Waals surface area contributed by atoms with E-state index in [1.54, 1.807) is 18.2 Å². The van der Waals surface area contributed by atoms with Gasteiger partial charge in [0.2, 0.25) is 0 Å². The van der Waals surface area contributed by atoms with E-state index in [4.69, 9.17) is 10.0 Å². The normalized spacial score (nSPS) is 21.0. The molecule has 1 heterocycles. The lowest BCUT2D eigenvalue weighted by atomic mass is 10.3. The summed E-state index contributed by atoms with van der Waals surface area (Å²) in [7, 11) is -3.81. The van der Waals surface area contributed by atoms with Crippen molar-refractivity contribution in [3.63, 3.8) is 0 Å². The number of rotatable bonds is 4. The Hall–Kier alpha value is -2.29. The molecule has 3 rings (SSSR count). The van der Waals surface area contributed by atoms with Gasteiger partial charge in [-0.2, -0.15) is 8.42 Å². The van der Waals surface area contributed by atoms with Crippen molar-refractivity contribution >= 4 is 21.4 Å². The molecule has 108 valence electrons. The molecule has 1 atom stereocenters. The van der Waals surface area contributed by atoms with Crippen LogP contribution in [0, 0.1) is 4.91 Å². The second-order valence-electron chi connectivity index (χ2n) is 4.51. The molecular weight excluding hydrogens is 296 g/mol. The molecule has 2 aromatic carbocycles. The fourth-order valence-electron chi connectivity index (χ4n) is 2.07. The SMILES string of the molecule is O=[N+](O)c1cccc([N+]2(S(=O)(=O)c3ccccc3)CO2)c1. The predicted molar refractivity (Wildman–Crippen MR) is 72.9 cm³/mol. The van der Waals surface area contributed by atoms with Crippen molar-refractivity contribution in [2.75, 3.05) is 6.73 Å². The zero-order valence-electron chi connectivity index (χ0n) is 10.8. The van der Waals surface area contributed by atoms with Crippen LogP contribution in [0.15, 0.2) is 59.5 Å². The molecule has 8 heteroatoms. The summed E-state index contributed by atoms with van der Waals surface area (Å²) in [5, 5.41) is 8.93. The highest BCUT2D eigenvalue weighted by molar-refractivity contribution is 7.91. The molecule has 1 fully saturated rings. The fourth-order valence-corrected chi connectivity index (χ4v) is 3.62. The number of nitrogens with zero attached hydrogens (tertiary/aromatic N) is 2. The average Bonchev–Trinajstić information content (AvgIpc) is 3.30. The van der Waals surface area contributed by atoms with Crippen LogP contribution >= 0.6 is 0 Å². The monoisotopic (exact) mass is 308 g/mol. The first kappa shape index (κ1) is 13.7. The third kappa shape index (κ3) is 2.09. The predicted octanol–water partition coefficient (Wildman–Crippen LogP) is 2.09. The maximum Gasteiger partial charge on any atom is 0.364 e. The second-order valence-corrected chi connectivity index (χ2v) is 6.52. The minimum atomic E-state index is -3.81. The van der Waals surface area contributed by atoms with E-state index in [1.165, 1.54) is 36.4 Å². The first-order chi connectivity index (χ1) is 9.97. The lowest BCUT2D eigenvalue weighted by molar-refractivity contribution is -0.729. The van der Waals surface area contributed by atoms with Gasteiger partial charge in [0, 0.05) is 12.1 Å². The van der Waals surface area contributed by atoms with E-state index in [2.05, 4.69) is 0 Å². The van der Waals surface area contributed by atoms with Crippen LogP contribution < -0.4 is 4.05 Å². The molecule has 21 heavy (non-hydrogen) atoms. The lowest BCUT2D eigenvalue weighted by Gasteiger charge is -2.11. The van der Waals surface area contributed by atoms with E-state index in [9.17, 15) is 13.3 Å².